The van der Waals surface area contributed by atoms with E-state index in [-0.39, 0.29) is 11.9 Å². The van der Waals surface area contributed by atoms with Gasteiger partial charge in [0.05, 0.1) is 6.04 Å². The van der Waals surface area contributed by atoms with E-state index < -0.39 is 6.10 Å². The van der Waals surface area contributed by atoms with Crippen LogP contribution in [0.1, 0.15) is 43.5 Å². The molecule has 0 spiro atoms. The lowest BCUT2D eigenvalue weighted by atomic mass is 10.0. The Hall–Kier alpha value is -2.29. The summed E-state index contributed by atoms with van der Waals surface area (Å²) in [5.74, 6) is 0.603. The third-order valence-electron chi connectivity index (χ3n) is 3.92. The zero-order valence-electron chi connectivity index (χ0n) is 14.3. The molecule has 0 aromatic heterocycles. The lowest BCUT2D eigenvalue weighted by molar-refractivity contribution is -0.127. The van der Waals surface area contributed by atoms with Crippen molar-refractivity contribution in [3.05, 3.63) is 65.2 Å². The molecule has 0 saturated heterocycles. The molecule has 122 valence electrons. The molecule has 0 aliphatic carbocycles. The van der Waals surface area contributed by atoms with Gasteiger partial charge in [-0.3, -0.25) is 4.79 Å². The highest BCUT2D eigenvalue weighted by atomic mass is 16.5. The van der Waals surface area contributed by atoms with Crippen molar-refractivity contribution in [1.29, 1.82) is 0 Å². The number of carbonyl (C=O) groups excluding carboxylic acids is 1. The Bertz CT molecular complexity index is 649. The van der Waals surface area contributed by atoms with Crippen molar-refractivity contribution in [2.24, 2.45) is 0 Å². The summed E-state index contributed by atoms with van der Waals surface area (Å²) in [5, 5.41) is 3.00. The van der Waals surface area contributed by atoms with Crippen molar-refractivity contribution in [3.63, 3.8) is 0 Å². The van der Waals surface area contributed by atoms with E-state index in [0.717, 1.165) is 17.5 Å². The van der Waals surface area contributed by atoms with Gasteiger partial charge >= 0.3 is 0 Å². The smallest absolute Gasteiger partial charge is 0.261 e. The normalized spacial score (nSPS) is 13.2. The lowest BCUT2D eigenvalue weighted by Crippen LogP contribution is -2.37. The van der Waals surface area contributed by atoms with Crippen LogP contribution < -0.4 is 10.1 Å². The number of nitrogens with one attached hydrogen (secondary N) is 1. The topological polar surface area (TPSA) is 38.3 Å². The number of carbonyl (C=O) groups is 1. The summed E-state index contributed by atoms with van der Waals surface area (Å²) in [5.41, 5.74) is 3.50. The van der Waals surface area contributed by atoms with Gasteiger partial charge in [-0.05, 0) is 56.0 Å². The highest BCUT2D eigenvalue weighted by Crippen LogP contribution is 2.16. The fourth-order valence-corrected chi connectivity index (χ4v) is 2.40. The van der Waals surface area contributed by atoms with Crippen LogP contribution >= 0.6 is 0 Å². The zero-order valence-corrected chi connectivity index (χ0v) is 14.3. The van der Waals surface area contributed by atoms with E-state index in [1.807, 2.05) is 38.1 Å². The predicted molar refractivity (Wildman–Crippen MR) is 93.6 cm³/mol. The molecule has 0 heterocycles. The van der Waals surface area contributed by atoms with Gasteiger partial charge < -0.3 is 10.1 Å². The van der Waals surface area contributed by atoms with Crippen molar-refractivity contribution >= 4 is 5.91 Å². The highest BCUT2D eigenvalue weighted by molar-refractivity contribution is 5.81. The molecular formula is C20H25NO2. The summed E-state index contributed by atoms with van der Waals surface area (Å²) in [4.78, 5) is 12.3. The number of hydrogen-bond acceptors (Lipinski definition) is 2. The summed E-state index contributed by atoms with van der Waals surface area (Å²) in [6.07, 6.45) is 0.483. The number of hydrogen-bond donors (Lipinski definition) is 1. The predicted octanol–water partition coefficient (Wildman–Crippen LogP) is 4.20. The minimum Gasteiger partial charge on any atom is -0.481 e. The van der Waals surface area contributed by atoms with Crippen LogP contribution in [0.15, 0.2) is 48.5 Å². The summed E-state index contributed by atoms with van der Waals surface area (Å²) >= 11 is 0. The molecule has 2 unspecified atom stereocenters. The van der Waals surface area contributed by atoms with Gasteiger partial charge in [0, 0.05) is 0 Å². The van der Waals surface area contributed by atoms with E-state index in [9.17, 15) is 4.79 Å². The van der Waals surface area contributed by atoms with E-state index in [0.29, 0.717) is 5.75 Å². The van der Waals surface area contributed by atoms with Crippen LogP contribution in [-0.2, 0) is 11.2 Å². The van der Waals surface area contributed by atoms with E-state index in [2.05, 4.69) is 36.5 Å². The van der Waals surface area contributed by atoms with Gasteiger partial charge in [-0.15, -0.1) is 0 Å². The molecule has 2 rings (SSSR count). The maximum absolute atomic E-state index is 12.3. The monoisotopic (exact) mass is 311 g/mol. The van der Waals surface area contributed by atoms with Gasteiger partial charge in [0.25, 0.3) is 5.91 Å². The van der Waals surface area contributed by atoms with Crippen molar-refractivity contribution < 1.29 is 9.53 Å². The largest absolute Gasteiger partial charge is 0.481 e. The minimum absolute atomic E-state index is 0.0445. The molecule has 23 heavy (non-hydrogen) atoms. The Kier molecular flexibility index (Phi) is 5.80. The second kappa shape index (κ2) is 7.82. The summed E-state index contributed by atoms with van der Waals surface area (Å²) in [7, 11) is 0. The first-order valence-corrected chi connectivity index (χ1v) is 8.12. The van der Waals surface area contributed by atoms with Gasteiger partial charge in [0.1, 0.15) is 5.75 Å². The molecule has 3 heteroatoms. The first-order chi connectivity index (χ1) is 11.0. The summed E-state index contributed by atoms with van der Waals surface area (Å²) < 4.78 is 5.72. The van der Waals surface area contributed by atoms with Crippen LogP contribution in [0.25, 0.3) is 0 Å². The van der Waals surface area contributed by atoms with Gasteiger partial charge in [-0.2, -0.15) is 0 Å². The molecule has 2 atom stereocenters. The molecule has 2 aromatic rings. The van der Waals surface area contributed by atoms with Gasteiger partial charge in [-0.25, -0.2) is 0 Å². The lowest BCUT2D eigenvalue weighted by Gasteiger charge is -2.19. The van der Waals surface area contributed by atoms with Crippen LogP contribution in [0.2, 0.25) is 0 Å². The molecular weight excluding hydrogens is 286 g/mol. The Labute approximate surface area is 138 Å². The molecule has 1 amide bonds. The molecule has 0 aliphatic rings. The van der Waals surface area contributed by atoms with E-state index >= 15 is 0 Å². The third-order valence-corrected chi connectivity index (χ3v) is 3.92. The van der Waals surface area contributed by atoms with Crippen molar-refractivity contribution in [1.82, 2.24) is 5.32 Å². The number of aryl methyl sites for hydroxylation is 2. The third kappa shape index (κ3) is 4.85. The van der Waals surface area contributed by atoms with Gasteiger partial charge in [0.2, 0.25) is 0 Å². The van der Waals surface area contributed by atoms with Gasteiger partial charge in [0.15, 0.2) is 6.10 Å². The number of rotatable bonds is 6. The first kappa shape index (κ1) is 17.1. The van der Waals surface area contributed by atoms with Crippen LogP contribution in [-0.4, -0.2) is 12.0 Å². The number of amides is 1. The molecule has 0 aliphatic heterocycles. The molecule has 0 bridgehead atoms. The maximum Gasteiger partial charge on any atom is 0.261 e. The molecule has 0 radical (unpaired) electrons. The number of ether oxygens (including phenoxy) is 1. The minimum atomic E-state index is -0.533. The summed E-state index contributed by atoms with van der Waals surface area (Å²) in [6.45, 7) is 7.88. The fraction of sp³-hybridized carbons (Fsp3) is 0.350. The second-order valence-electron chi connectivity index (χ2n) is 5.90. The van der Waals surface area contributed by atoms with E-state index in [4.69, 9.17) is 4.74 Å². The highest BCUT2D eigenvalue weighted by Gasteiger charge is 2.17. The second-order valence-corrected chi connectivity index (χ2v) is 5.90. The Morgan fingerprint density at radius 3 is 2.43 bits per heavy atom. The van der Waals surface area contributed by atoms with Crippen molar-refractivity contribution in [2.45, 2.75) is 46.3 Å². The Balaban J connectivity index is 1.94. The van der Waals surface area contributed by atoms with Crippen molar-refractivity contribution in [2.75, 3.05) is 0 Å². The average Bonchev–Trinajstić information content (AvgIpc) is 2.54. The molecule has 3 nitrogen and oxygen atoms in total. The van der Waals surface area contributed by atoms with Crippen LogP contribution in [0, 0.1) is 6.92 Å². The standard InChI is InChI=1S/C20H25NO2/c1-5-17-9-11-18(12-10-17)15(3)21-20(22)16(4)23-19-8-6-7-14(2)13-19/h6-13,15-16H,5H2,1-4H3,(H,21,22). The zero-order chi connectivity index (χ0) is 16.8. The Morgan fingerprint density at radius 2 is 1.83 bits per heavy atom. The average molecular weight is 311 g/mol. The van der Waals surface area contributed by atoms with Gasteiger partial charge in [-0.1, -0.05) is 43.3 Å². The van der Waals surface area contributed by atoms with Crippen molar-refractivity contribution in [3.8, 4) is 5.75 Å². The SMILES string of the molecule is CCc1ccc(C(C)NC(=O)C(C)Oc2cccc(C)c2)cc1. The van der Waals surface area contributed by atoms with Crippen LogP contribution in [0.5, 0.6) is 5.75 Å². The number of benzene rings is 2. The quantitative estimate of drug-likeness (QED) is 0.868. The maximum atomic E-state index is 12.3. The van der Waals surface area contributed by atoms with E-state index in [1.165, 1.54) is 5.56 Å². The van der Waals surface area contributed by atoms with Crippen LogP contribution in [0.3, 0.4) is 0 Å². The molecule has 2 aromatic carbocycles. The first-order valence-electron chi connectivity index (χ1n) is 8.12. The summed E-state index contributed by atoms with van der Waals surface area (Å²) in [6, 6.07) is 16.0. The van der Waals surface area contributed by atoms with E-state index in [1.54, 1.807) is 6.92 Å². The molecule has 0 fully saturated rings. The van der Waals surface area contributed by atoms with Crippen LogP contribution in [0.4, 0.5) is 0 Å². The Morgan fingerprint density at radius 1 is 1.13 bits per heavy atom. The molecule has 1 N–H and O–H groups in total. The molecule has 0 saturated carbocycles. The fourth-order valence-electron chi connectivity index (χ4n) is 2.40.